The molecule has 0 fully saturated rings. The van der Waals surface area contributed by atoms with Gasteiger partial charge in [-0.1, -0.05) is 31.3 Å². The molecule has 0 radical (unpaired) electrons. The van der Waals surface area contributed by atoms with Crippen molar-refractivity contribution in [2.75, 3.05) is 5.32 Å². The molecule has 0 aromatic carbocycles. The van der Waals surface area contributed by atoms with Gasteiger partial charge in [0.2, 0.25) is 5.13 Å². The molecule has 0 aliphatic rings. The molecule has 86 valence electrons. The fourth-order valence-corrected chi connectivity index (χ4v) is 3.43. The number of nitrogens with zero attached hydrogens (tertiary/aromatic N) is 2. The van der Waals surface area contributed by atoms with Crippen LogP contribution in [0.5, 0.6) is 0 Å². The molecule has 2 rings (SSSR count). The number of nitrogens with one attached hydrogen (secondary N) is 1. The van der Waals surface area contributed by atoms with E-state index in [1.165, 1.54) is 16.2 Å². The second kappa shape index (κ2) is 5.25. The molecular formula is C10H12BrN3S2. The van der Waals surface area contributed by atoms with Crippen LogP contribution in [0.1, 0.15) is 24.8 Å². The van der Waals surface area contributed by atoms with E-state index in [-0.39, 0.29) is 0 Å². The molecule has 16 heavy (non-hydrogen) atoms. The third kappa shape index (κ3) is 2.81. The topological polar surface area (TPSA) is 37.8 Å². The molecule has 1 unspecified atom stereocenters. The summed E-state index contributed by atoms with van der Waals surface area (Å²) in [6.07, 6.45) is 0. The molecule has 2 heterocycles. The average molecular weight is 318 g/mol. The van der Waals surface area contributed by atoms with E-state index < -0.39 is 0 Å². The highest BCUT2D eigenvalue weighted by molar-refractivity contribution is 9.11. The predicted molar refractivity (Wildman–Crippen MR) is 73.1 cm³/mol. The second-order valence-electron chi connectivity index (χ2n) is 3.74. The summed E-state index contributed by atoms with van der Waals surface area (Å²) in [5.41, 5.74) is 0. The maximum Gasteiger partial charge on any atom is 0.207 e. The molecule has 6 heteroatoms. The molecule has 0 bridgehead atoms. The van der Waals surface area contributed by atoms with Crippen molar-refractivity contribution in [3.63, 3.8) is 0 Å². The highest BCUT2D eigenvalue weighted by atomic mass is 79.9. The molecule has 0 aliphatic heterocycles. The van der Waals surface area contributed by atoms with Gasteiger partial charge in [0.25, 0.3) is 0 Å². The van der Waals surface area contributed by atoms with Gasteiger partial charge in [-0.15, -0.1) is 21.5 Å². The second-order valence-corrected chi connectivity index (χ2v) is 6.97. The van der Waals surface area contributed by atoms with E-state index in [9.17, 15) is 0 Å². The highest BCUT2D eigenvalue weighted by Gasteiger charge is 2.18. The molecule has 0 saturated heterocycles. The Morgan fingerprint density at radius 1 is 1.38 bits per heavy atom. The Labute approximate surface area is 111 Å². The van der Waals surface area contributed by atoms with Gasteiger partial charge in [-0.2, -0.15) is 0 Å². The molecular weight excluding hydrogens is 306 g/mol. The highest BCUT2D eigenvalue weighted by Crippen LogP contribution is 2.31. The summed E-state index contributed by atoms with van der Waals surface area (Å²) in [6, 6.07) is 4.53. The smallest absolute Gasteiger partial charge is 0.207 e. The molecule has 0 saturated carbocycles. The van der Waals surface area contributed by atoms with Gasteiger partial charge in [0, 0.05) is 4.88 Å². The predicted octanol–water partition coefficient (Wildman–Crippen LogP) is 4.17. The van der Waals surface area contributed by atoms with Gasteiger partial charge in [-0.3, -0.25) is 0 Å². The maximum absolute atomic E-state index is 4.06. The monoisotopic (exact) mass is 317 g/mol. The van der Waals surface area contributed by atoms with Crippen molar-refractivity contribution in [3.8, 4) is 0 Å². The van der Waals surface area contributed by atoms with Crippen LogP contribution in [0.2, 0.25) is 0 Å². The molecule has 1 N–H and O–H groups in total. The quantitative estimate of drug-likeness (QED) is 0.919. The van der Waals surface area contributed by atoms with E-state index >= 15 is 0 Å². The third-order valence-electron chi connectivity index (χ3n) is 2.20. The average Bonchev–Trinajstić information content (AvgIpc) is 2.84. The van der Waals surface area contributed by atoms with Crippen LogP contribution >= 0.6 is 38.6 Å². The van der Waals surface area contributed by atoms with E-state index in [0.717, 1.165) is 9.05 Å². The van der Waals surface area contributed by atoms with Gasteiger partial charge in [-0.25, -0.2) is 0 Å². The van der Waals surface area contributed by atoms with Crippen LogP contribution in [0, 0.1) is 5.92 Å². The zero-order chi connectivity index (χ0) is 11.5. The van der Waals surface area contributed by atoms with E-state index in [0.29, 0.717) is 12.0 Å². The lowest BCUT2D eigenvalue weighted by atomic mass is 10.0. The van der Waals surface area contributed by atoms with Gasteiger partial charge in [0.05, 0.1) is 6.04 Å². The van der Waals surface area contributed by atoms with Crippen molar-refractivity contribution in [2.45, 2.75) is 19.9 Å². The fourth-order valence-electron chi connectivity index (χ4n) is 1.43. The number of hydrogen-bond acceptors (Lipinski definition) is 5. The minimum Gasteiger partial charge on any atom is -0.352 e. The van der Waals surface area contributed by atoms with E-state index in [4.69, 9.17) is 0 Å². The molecule has 2 aromatic rings. The van der Waals surface area contributed by atoms with Crippen molar-refractivity contribution in [1.29, 1.82) is 0 Å². The zero-order valence-electron chi connectivity index (χ0n) is 8.98. The summed E-state index contributed by atoms with van der Waals surface area (Å²) in [4.78, 5) is 1.33. The van der Waals surface area contributed by atoms with Gasteiger partial charge >= 0.3 is 0 Å². The van der Waals surface area contributed by atoms with Crippen LogP contribution in [-0.4, -0.2) is 10.2 Å². The van der Waals surface area contributed by atoms with Crippen molar-refractivity contribution in [3.05, 3.63) is 26.3 Å². The number of anilines is 1. The van der Waals surface area contributed by atoms with Crippen LogP contribution < -0.4 is 5.32 Å². The largest absolute Gasteiger partial charge is 0.352 e. The Hall–Kier alpha value is -0.460. The lowest BCUT2D eigenvalue weighted by Gasteiger charge is -2.20. The van der Waals surface area contributed by atoms with Crippen molar-refractivity contribution in [1.82, 2.24) is 10.2 Å². The SMILES string of the molecule is CC(C)C(Nc1nnc(Br)s1)c1cccs1. The number of halogens is 1. The first kappa shape index (κ1) is 12.0. The van der Waals surface area contributed by atoms with Crippen molar-refractivity contribution >= 4 is 43.7 Å². The number of rotatable bonds is 4. The first-order chi connectivity index (χ1) is 7.66. The Balaban J connectivity index is 2.15. The van der Waals surface area contributed by atoms with E-state index in [2.05, 4.69) is 62.8 Å². The lowest BCUT2D eigenvalue weighted by Crippen LogP contribution is -2.15. The summed E-state index contributed by atoms with van der Waals surface area (Å²) in [6.45, 7) is 4.40. The van der Waals surface area contributed by atoms with Gasteiger partial charge in [-0.05, 0) is 33.3 Å². The van der Waals surface area contributed by atoms with Crippen LogP contribution in [0.25, 0.3) is 0 Å². The molecule has 0 aliphatic carbocycles. The lowest BCUT2D eigenvalue weighted by molar-refractivity contribution is 0.553. The van der Waals surface area contributed by atoms with Gasteiger partial charge < -0.3 is 5.32 Å². The van der Waals surface area contributed by atoms with E-state index in [1.54, 1.807) is 11.3 Å². The zero-order valence-corrected chi connectivity index (χ0v) is 12.2. The third-order valence-corrected chi connectivity index (χ3v) is 4.44. The van der Waals surface area contributed by atoms with Crippen LogP contribution in [0.3, 0.4) is 0 Å². The number of hydrogen-bond donors (Lipinski definition) is 1. The summed E-state index contributed by atoms with van der Waals surface area (Å²) in [5.74, 6) is 0.515. The Morgan fingerprint density at radius 3 is 2.69 bits per heavy atom. The minimum atomic E-state index is 0.305. The first-order valence-electron chi connectivity index (χ1n) is 4.95. The summed E-state index contributed by atoms with van der Waals surface area (Å²) in [7, 11) is 0. The Kier molecular flexibility index (Phi) is 3.94. The molecule has 2 aromatic heterocycles. The summed E-state index contributed by atoms with van der Waals surface area (Å²) in [5, 5.41) is 14.4. The van der Waals surface area contributed by atoms with Crippen LogP contribution in [0.4, 0.5) is 5.13 Å². The fraction of sp³-hybridized carbons (Fsp3) is 0.400. The Bertz CT molecular complexity index is 439. The van der Waals surface area contributed by atoms with Crippen LogP contribution in [0.15, 0.2) is 21.4 Å². The van der Waals surface area contributed by atoms with Gasteiger partial charge in [0.1, 0.15) is 0 Å². The van der Waals surface area contributed by atoms with Crippen molar-refractivity contribution in [2.24, 2.45) is 5.92 Å². The van der Waals surface area contributed by atoms with Crippen LogP contribution in [-0.2, 0) is 0 Å². The molecule has 0 amide bonds. The minimum absolute atomic E-state index is 0.305. The Morgan fingerprint density at radius 2 is 2.19 bits per heavy atom. The summed E-state index contributed by atoms with van der Waals surface area (Å²) >= 11 is 6.60. The first-order valence-corrected chi connectivity index (χ1v) is 7.44. The standard InChI is InChI=1S/C10H12BrN3S2/c1-6(2)8(7-4-3-5-15-7)12-10-14-13-9(11)16-10/h3-6,8H,1-2H3,(H,12,14). The molecule has 0 spiro atoms. The molecule has 3 nitrogen and oxygen atoms in total. The normalized spacial score (nSPS) is 13.0. The molecule has 1 atom stereocenters. The number of aromatic nitrogens is 2. The van der Waals surface area contributed by atoms with Gasteiger partial charge in [0.15, 0.2) is 3.92 Å². The van der Waals surface area contributed by atoms with Crippen molar-refractivity contribution < 1.29 is 0 Å². The number of thiophene rings is 1. The summed E-state index contributed by atoms with van der Waals surface area (Å²) < 4.78 is 0.809. The maximum atomic E-state index is 4.06. The van der Waals surface area contributed by atoms with E-state index in [1.807, 2.05) is 0 Å².